The van der Waals surface area contributed by atoms with E-state index in [2.05, 4.69) is 0 Å². The van der Waals surface area contributed by atoms with Gasteiger partial charge in [-0.2, -0.15) is 25.4 Å². The van der Waals surface area contributed by atoms with Crippen molar-refractivity contribution in [2.24, 2.45) is 0 Å². The van der Waals surface area contributed by atoms with E-state index in [1.807, 2.05) is 0 Å². The minimum atomic E-state index is -4.94. The Morgan fingerprint density at radius 1 is 0.452 bits per heavy atom. The largest absolute Gasteiger partial charge is 0.460 e. The SMILES string of the molecule is CC(C)(C)OC(=O)C[C@@H](C(=O)OC(C)(C)C)N(CCOCCOCCOCCN([C@@H](CC(=O)OC(C)(C)C)C(=O)OC(C)(C)C)S(=O)(=O)NC(=O)OCc1ccccc1)S(=O)(=O)NC(=O)OCc1ccccc1. The van der Waals surface area contributed by atoms with Crippen LogP contribution in [0.25, 0.3) is 0 Å². The molecule has 2 aromatic carbocycles. The minimum absolute atomic E-state index is 0.0836. The second kappa shape index (κ2) is 28.9. The van der Waals surface area contributed by atoms with Crippen LogP contribution in [0, 0.1) is 0 Å². The minimum Gasteiger partial charge on any atom is -0.460 e. The first-order chi connectivity index (χ1) is 33.7. The van der Waals surface area contributed by atoms with Crippen LogP contribution >= 0.6 is 0 Å². The fourth-order valence-corrected chi connectivity index (χ4v) is 8.39. The number of rotatable bonds is 28. The average Bonchev–Trinajstić information content (AvgIpc) is 3.23. The quantitative estimate of drug-likeness (QED) is 0.0653. The standard InChI is InChI=1S/C48H74N4O19S2/c1-45(2,3)68-39(53)31-37(41(55)70-47(7,8)9)51(72(59,60)49-43(57)66-33-35-19-15-13-16-20-35)23-25-63-27-29-65-30-28-64-26-24-52(73(61,62)50-44(58)67-34-36-21-17-14-18-22-36)38(42(56)71-48(10,11)12)32-40(54)69-46(4,5)6/h13-22,37-38H,23-34H2,1-12H3,(H,49,57)(H,50,58)/t37-,38-/m0/s1. The fraction of sp³-hybridized carbons (Fsp3) is 0.625. The van der Waals surface area contributed by atoms with E-state index in [0.717, 1.165) is 0 Å². The van der Waals surface area contributed by atoms with E-state index in [9.17, 15) is 45.6 Å². The molecule has 0 heterocycles. The summed E-state index contributed by atoms with van der Waals surface area (Å²) in [6, 6.07) is 13.2. The summed E-state index contributed by atoms with van der Waals surface area (Å²) in [5.74, 6) is -4.07. The number of benzene rings is 2. The van der Waals surface area contributed by atoms with Crippen molar-refractivity contribution >= 4 is 56.5 Å². The second-order valence-electron chi connectivity index (χ2n) is 20.1. The van der Waals surface area contributed by atoms with Crippen molar-refractivity contribution in [2.75, 3.05) is 52.7 Å². The third kappa shape index (κ3) is 27.4. The Hall–Kier alpha value is -5.44. The number of hydrogen-bond donors (Lipinski definition) is 2. The molecule has 25 heteroatoms. The Balaban J connectivity index is 2.16. The molecule has 0 spiro atoms. The van der Waals surface area contributed by atoms with Crippen LogP contribution in [-0.4, -0.2) is 149 Å². The highest BCUT2D eigenvalue weighted by Crippen LogP contribution is 2.21. The lowest BCUT2D eigenvalue weighted by molar-refractivity contribution is -0.167. The van der Waals surface area contributed by atoms with Crippen molar-refractivity contribution in [1.82, 2.24) is 18.1 Å². The van der Waals surface area contributed by atoms with Crippen molar-refractivity contribution in [1.29, 1.82) is 0 Å². The van der Waals surface area contributed by atoms with Gasteiger partial charge in [0, 0.05) is 13.1 Å². The summed E-state index contributed by atoms with van der Waals surface area (Å²) < 4.78 is 109. The molecule has 0 aliphatic heterocycles. The number of ether oxygens (including phenoxy) is 9. The van der Waals surface area contributed by atoms with Gasteiger partial charge in [0.2, 0.25) is 0 Å². The highest BCUT2D eigenvalue weighted by atomic mass is 32.2. The maximum Gasteiger partial charge on any atom is 0.422 e. The zero-order valence-electron chi connectivity index (χ0n) is 43.9. The van der Waals surface area contributed by atoms with Gasteiger partial charge in [-0.05, 0) is 94.2 Å². The first-order valence-electron chi connectivity index (χ1n) is 23.3. The van der Waals surface area contributed by atoms with Gasteiger partial charge in [0.25, 0.3) is 0 Å². The van der Waals surface area contributed by atoms with Crippen LogP contribution in [0.1, 0.15) is 107 Å². The number of nitrogens with one attached hydrogen (secondary N) is 2. The van der Waals surface area contributed by atoms with E-state index in [1.165, 1.54) is 0 Å². The third-order valence-electron chi connectivity index (χ3n) is 8.74. The Morgan fingerprint density at radius 2 is 0.740 bits per heavy atom. The first-order valence-corrected chi connectivity index (χ1v) is 26.2. The maximum atomic E-state index is 13.8. The summed E-state index contributed by atoms with van der Waals surface area (Å²) in [5.41, 5.74) is -3.10. The summed E-state index contributed by atoms with van der Waals surface area (Å²) in [5, 5.41) is 0. The highest BCUT2D eigenvalue weighted by molar-refractivity contribution is 7.88. The number of hydrogen-bond acceptors (Lipinski definition) is 19. The summed E-state index contributed by atoms with van der Waals surface area (Å²) in [6.07, 6.45) is -4.30. The molecule has 0 unspecified atom stereocenters. The van der Waals surface area contributed by atoms with Crippen molar-refractivity contribution in [3.63, 3.8) is 0 Å². The number of carbonyl (C=O) groups excluding carboxylic acids is 6. The second-order valence-corrected chi connectivity index (χ2v) is 23.3. The normalized spacial score (nSPS) is 13.3. The number of esters is 4. The lowest BCUT2D eigenvalue weighted by Crippen LogP contribution is -2.54. The van der Waals surface area contributed by atoms with E-state index in [1.54, 1.807) is 153 Å². The molecule has 23 nitrogen and oxygen atoms in total. The summed E-state index contributed by atoms with van der Waals surface area (Å²) in [4.78, 5) is 78.8. The predicted molar refractivity (Wildman–Crippen MR) is 263 cm³/mol. The van der Waals surface area contributed by atoms with Crippen LogP contribution in [0.15, 0.2) is 60.7 Å². The molecule has 0 aromatic heterocycles. The van der Waals surface area contributed by atoms with Crippen molar-refractivity contribution < 1.29 is 88.2 Å². The molecule has 2 rings (SSSR count). The topological polar surface area (TPSA) is 284 Å². The van der Waals surface area contributed by atoms with Gasteiger partial charge >= 0.3 is 56.5 Å². The molecule has 2 amide bonds. The third-order valence-corrected chi connectivity index (χ3v) is 11.7. The van der Waals surface area contributed by atoms with Gasteiger partial charge in [-0.15, -0.1) is 0 Å². The molecule has 0 saturated heterocycles. The van der Waals surface area contributed by atoms with Crippen LogP contribution in [0.5, 0.6) is 0 Å². The van der Waals surface area contributed by atoms with Crippen LogP contribution in [-0.2, 0) is 95.4 Å². The molecular formula is C48H74N4O19S2. The van der Waals surface area contributed by atoms with E-state index < -0.39 is 117 Å². The number of carbonyl (C=O) groups is 6. The molecule has 2 atom stereocenters. The van der Waals surface area contributed by atoms with E-state index in [0.29, 0.717) is 19.7 Å². The number of nitrogens with zero attached hydrogens (tertiary/aromatic N) is 2. The molecule has 0 saturated carbocycles. The van der Waals surface area contributed by atoms with Crippen LogP contribution in [0.4, 0.5) is 9.59 Å². The Labute approximate surface area is 429 Å². The van der Waals surface area contributed by atoms with Gasteiger partial charge in [0.15, 0.2) is 0 Å². The molecule has 0 aliphatic rings. The number of amides is 2. The Bertz CT molecular complexity index is 2150. The molecule has 412 valence electrons. The molecule has 0 radical (unpaired) electrons. The molecule has 0 aliphatic carbocycles. The smallest absolute Gasteiger partial charge is 0.422 e. The zero-order valence-corrected chi connectivity index (χ0v) is 45.5. The first kappa shape index (κ1) is 63.7. The van der Waals surface area contributed by atoms with Gasteiger partial charge in [-0.25, -0.2) is 19.0 Å². The van der Waals surface area contributed by atoms with E-state index >= 15 is 0 Å². The Kier molecular flexibility index (Phi) is 25.2. The van der Waals surface area contributed by atoms with Gasteiger partial charge in [-0.1, -0.05) is 60.7 Å². The predicted octanol–water partition coefficient (Wildman–Crippen LogP) is 4.87. The lowest BCUT2D eigenvalue weighted by Gasteiger charge is -2.31. The molecule has 0 fully saturated rings. The fourth-order valence-electron chi connectivity index (χ4n) is 6.00. The van der Waals surface area contributed by atoms with Gasteiger partial charge in [0.05, 0.1) is 52.5 Å². The molecule has 2 aromatic rings. The van der Waals surface area contributed by atoms with Crippen LogP contribution < -0.4 is 9.44 Å². The van der Waals surface area contributed by atoms with Gasteiger partial charge in [-0.3, -0.25) is 19.2 Å². The van der Waals surface area contributed by atoms with Crippen LogP contribution in [0.3, 0.4) is 0 Å². The molecule has 73 heavy (non-hydrogen) atoms. The maximum absolute atomic E-state index is 13.8. The molecular weight excluding hydrogens is 1000 g/mol. The van der Waals surface area contributed by atoms with Crippen molar-refractivity contribution in [2.45, 2.75) is 144 Å². The van der Waals surface area contributed by atoms with Gasteiger partial charge in [0.1, 0.15) is 47.7 Å². The van der Waals surface area contributed by atoms with E-state index in [-0.39, 0.29) is 52.9 Å². The average molecular weight is 1080 g/mol. The summed E-state index contributed by atoms with van der Waals surface area (Å²) in [7, 11) is -9.87. The highest BCUT2D eigenvalue weighted by Gasteiger charge is 2.42. The van der Waals surface area contributed by atoms with E-state index in [4.69, 9.17) is 42.6 Å². The monoisotopic (exact) mass is 1070 g/mol. The van der Waals surface area contributed by atoms with Crippen molar-refractivity contribution in [3.05, 3.63) is 71.8 Å². The molecule has 0 bridgehead atoms. The van der Waals surface area contributed by atoms with Crippen LogP contribution in [0.2, 0.25) is 0 Å². The zero-order chi connectivity index (χ0) is 55.3. The molecule has 2 N–H and O–H groups in total. The van der Waals surface area contributed by atoms with Crippen molar-refractivity contribution in [3.8, 4) is 0 Å². The summed E-state index contributed by atoms with van der Waals surface area (Å²) >= 11 is 0. The van der Waals surface area contributed by atoms with Gasteiger partial charge < -0.3 is 42.6 Å². The lowest BCUT2D eigenvalue weighted by atomic mass is 10.1. The summed E-state index contributed by atoms with van der Waals surface area (Å²) in [6.45, 7) is 15.9. The Morgan fingerprint density at radius 3 is 1.03 bits per heavy atom.